The molecule has 1 fully saturated rings. The van der Waals surface area contributed by atoms with Gasteiger partial charge in [0, 0.05) is 17.8 Å². The van der Waals surface area contributed by atoms with E-state index in [1.54, 1.807) is 18.2 Å². The Hall–Kier alpha value is -2.44. The molecule has 1 aliphatic heterocycles. The minimum Gasteiger partial charge on any atom is -0.494 e. The molecule has 0 spiro atoms. The molecule has 0 radical (unpaired) electrons. The fraction of sp³-hybridized carbons (Fsp3) is 0.391. The van der Waals surface area contributed by atoms with Gasteiger partial charge in [-0.25, -0.2) is 0 Å². The van der Waals surface area contributed by atoms with Gasteiger partial charge in [0.25, 0.3) is 5.91 Å². The second kappa shape index (κ2) is 10.9. The van der Waals surface area contributed by atoms with Gasteiger partial charge in [0.15, 0.2) is 5.11 Å². The van der Waals surface area contributed by atoms with E-state index in [0.29, 0.717) is 17.9 Å². The molecule has 1 heterocycles. The molecule has 0 saturated carbocycles. The number of amides is 1. The first kappa shape index (κ1) is 21.3. The first-order valence-corrected chi connectivity index (χ1v) is 10.7. The normalized spacial score (nSPS) is 14.2. The first-order valence-electron chi connectivity index (χ1n) is 10.3. The van der Waals surface area contributed by atoms with Gasteiger partial charge in [-0.3, -0.25) is 15.0 Å². The summed E-state index contributed by atoms with van der Waals surface area (Å²) in [6.07, 6.45) is 4.85. The van der Waals surface area contributed by atoms with Crippen molar-refractivity contribution in [2.75, 3.05) is 25.0 Å². The predicted octanol–water partition coefficient (Wildman–Crippen LogP) is 4.59. The molecule has 154 valence electrons. The number of nitrogens with zero attached hydrogens (tertiary/aromatic N) is 1. The second-order valence-electron chi connectivity index (χ2n) is 7.32. The Balaban J connectivity index is 1.50. The Morgan fingerprint density at radius 3 is 2.59 bits per heavy atom. The van der Waals surface area contributed by atoms with Crippen LogP contribution in [0.15, 0.2) is 48.5 Å². The van der Waals surface area contributed by atoms with Crippen LogP contribution in [0.4, 0.5) is 5.69 Å². The molecule has 2 N–H and O–H groups in total. The number of thiocarbonyl (C=S) groups is 1. The Labute approximate surface area is 178 Å². The van der Waals surface area contributed by atoms with E-state index in [0.717, 1.165) is 18.7 Å². The minimum absolute atomic E-state index is 0.258. The Morgan fingerprint density at radius 2 is 1.86 bits per heavy atom. The molecule has 3 rings (SSSR count). The van der Waals surface area contributed by atoms with E-state index >= 15 is 0 Å². The number of ether oxygens (including phenoxy) is 1. The molecular formula is C23H29N3O2S. The molecule has 1 amide bonds. The van der Waals surface area contributed by atoms with Gasteiger partial charge in [-0.05, 0) is 80.5 Å². The van der Waals surface area contributed by atoms with Crippen molar-refractivity contribution in [2.24, 2.45) is 0 Å². The van der Waals surface area contributed by atoms with Gasteiger partial charge in [0.05, 0.1) is 6.61 Å². The lowest BCUT2D eigenvalue weighted by atomic mass is 10.1. The lowest BCUT2D eigenvalue weighted by Gasteiger charge is -2.26. The zero-order valence-corrected chi connectivity index (χ0v) is 17.8. The van der Waals surface area contributed by atoms with Crippen LogP contribution in [0.25, 0.3) is 0 Å². The van der Waals surface area contributed by atoms with Crippen molar-refractivity contribution in [1.82, 2.24) is 10.2 Å². The number of benzene rings is 2. The maximum Gasteiger partial charge on any atom is 0.257 e. The molecule has 2 aromatic rings. The summed E-state index contributed by atoms with van der Waals surface area (Å²) in [4.78, 5) is 14.9. The van der Waals surface area contributed by atoms with E-state index in [1.807, 2.05) is 25.1 Å². The fourth-order valence-corrected chi connectivity index (χ4v) is 3.56. The number of hydrogen-bond donors (Lipinski definition) is 2. The van der Waals surface area contributed by atoms with Gasteiger partial charge in [-0.2, -0.15) is 0 Å². The third kappa shape index (κ3) is 6.84. The summed E-state index contributed by atoms with van der Waals surface area (Å²) < 4.78 is 5.58. The van der Waals surface area contributed by atoms with Crippen LogP contribution in [0, 0.1) is 0 Å². The van der Waals surface area contributed by atoms with E-state index in [4.69, 9.17) is 17.0 Å². The van der Waals surface area contributed by atoms with Crippen molar-refractivity contribution < 1.29 is 9.53 Å². The van der Waals surface area contributed by atoms with Crippen molar-refractivity contribution >= 4 is 28.9 Å². The van der Waals surface area contributed by atoms with Crippen LogP contribution in [-0.4, -0.2) is 35.6 Å². The highest BCUT2D eigenvalue weighted by Gasteiger charge is 2.11. The fourth-order valence-electron chi connectivity index (χ4n) is 3.35. The van der Waals surface area contributed by atoms with Crippen LogP contribution >= 0.6 is 12.2 Å². The van der Waals surface area contributed by atoms with Gasteiger partial charge in [-0.15, -0.1) is 0 Å². The number of carbonyl (C=O) groups is 1. The second-order valence-corrected chi connectivity index (χ2v) is 7.73. The van der Waals surface area contributed by atoms with E-state index in [1.165, 1.54) is 37.9 Å². The minimum atomic E-state index is -0.258. The van der Waals surface area contributed by atoms with Crippen LogP contribution in [0.5, 0.6) is 5.75 Å². The van der Waals surface area contributed by atoms with Crippen molar-refractivity contribution in [3.05, 3.63) is 59.7 Å². The summed E-state index contributed by atoms with van der Waals surface area (Å²) in [5.41, 5.74) is 2.66. The van der Waals surface area contributed by atoms with Crippen LogP contribution in [0.3, 0.4) is 0 Å². The Bertz CT molecular complexity index is 817. The summed E-state index contributed by atoms with van der Waals surface area (Å²) in [7, 11) is 0. The van der Waals surface area contributed by atoms with E-state index in [9.17, 15) is 4.79 Å². The zero-order valence-electron chi connectivity index (χ0n) is 16.9. The molecule has 0 aromatic heterocycles. The topological polar surface area (TPSA) is 53.6 Å². The van der Waals surface area contributed by atoms with Crippen molar-refractivity contribution in [3.8, 4) is 5.75 Å². The average molecular weight is 412 g/mol. The summed E-state index contributed by atoms with van der Waals surface area (Å²) >= 11 is 5.30. The van der Waals surface area contributed by atoms with Gasteiger partial charge >= 0.3 is 0 Å². The van der Waals surface area contributed by atoms with Crippen molar-refractivity contribution in [2.45, 2.75) is 39.2 Å². The molecule has 6 heteroatoms. The average Bonchev–Trinajstić information content (AvgIpc) is 2.74. The highest BCUT2D eigenvalue weighted by molar-refractivity contribution is 7.80. The third-order valence-electron chi connectivity index (χ3n) is 4.86. The van der Waals surface area contributed by atoms with Gasteiger partial charge in [0.2, 0.25) is 0 Å². The number of hydrogen-bond acceptors (Lipinski definition) is 4. The summed E-state index contributed by atoms with van der Waals surface area (Å²) in [6.45, 7) is 6.01. The quantitative estimate of drug-likeness (QED) is 0.653. The monoisotopic (exact) mass is 411 g/mol. The van der Waals surface area contributed by atoms with Gasteiger partial charge in [-0.1, -0.05) is 31.5 Å². The number of nitrogens with one attached hydrogen (secondary N) is 2. The predicted molar refractivity (Wildman–Crippen MR) is 121 cm³/mol. The van der Waals surface area contributed by atoms with Gasteiger partial charge < -0.3 is 10.1 Å². The highest BCUT2D eigenvalue weighted by Crippen LogP contribution is 2.16. The molecule has 0 bridgehead atoms. The summed E-state index contributed by atoms with van der Waals surface area (Å²) in [5, 5.41) is 6.08. The smallest absolute Gasteiger partial charge is 0.257 e. The Kier molecular flexibility index (Phi) is 8.02. The zero-order chi connectivity index (χ0) is 20.5. The number of carbonyl (C=O) groups excluding carboxylic acids is 1. The van der Waals surface area contributed by atoms with Crippen LogP contribution in [0.2, 0.25) is 0 Å². The van der Waals surface area contributed by atoms with Crippen molar-refractivity contribution in [3.63, 3.8) is 0 Å². The number of piperidine rings is 1. The van der Waals surface area contributed by atoms with E-state index in [-0.39, 0.29) is 11.0 Å². The summed E-state index contributed by atoms with van der Waals surface area (Å²) in [5.74, 6) is 0.425. The van der Waals surface area contributed by atoms with Gasteiger partial charge in [0.1, 0.15) is 5.75 Å². The largest absolute Gasteiger partial charge is 0.494 e. The molecule has 0 unspecified atom stereocenters. The van der Waals surface area contributed by atoms with Crippen molar-refractivity contribution in [1.29, 1.82) is 0 Å². The van der Waals surface area contributed by atoms with E-state index in [2.05, 4.69) is 27.7 Å². The molecule has 29 heavy (non-hydrogen) atoms. The molecule has 5 nitrogen and oxygen atoms in total. The third-order valence-corrected chi connectivity index (χ3v) is 5.07. The first-order chi connectivity index (χ1) is 14.1. The van der Waals surface area contributed by atoms with Crippen LogP contribution < -0.4 is 15.4 Å². The standard InChI is InChI=1S/C23H29N3O2S/c1-2-15-28-21-8-6-7-19(16-21)22(27)25-23(29)24-20-11-9-18(10-12-20)17-26-13-4-3-5-14-26/h6-12,16H,2-5,13-15,17H2,1H3,(H2,24,25,27,29). The van der Waals surface area contributed by atoms with E-state index < -0.39 is 0 Å². The molecule has 1 saturated heterocycles. The molecule has 1 aliphatic rings. The lowest BCUT2D eigenvalue weighted by molar-refractivity contribution is 0.0977. The van der Waals surface area contributed by atoms with Crippen LogP contribution in [0.1, 0.15) is 48.5 Å². The highest BCUT2D eigenvalue weighted by atomic mass is 32.1. The lowest BCUT2D eigenvalue weighted by Crippen LogP contribution is -2.34. The molecular weight excluding hydrogens is 382 g/mol. The maximum absolute atomic E-state index is 12.4. The molecule has 0 atom stereocenters. The maximum atomic E-state index is 12.4. The Morgan fingerprint density at radius 1 is 1.10 bits per heavy atom. The van der Waals surface area contributed by atoms with Crippen LogP contribution in [-0.2, 0) is 6.54 Å². The number of likely N-dealkylation sites (tertiary alicyclic amines) is 1. The molecule has 2 aromatic carbocycles. The number of anilines is 1. The molecule has 0 aliphatic carbocycles. The SMILES string of the molecule is CCCOc1cccc(C(=O)NC(=S)Nc2ccc(CN3CCCCC3)cc2)c1. The summed E-state index contributed by atoms with van der Waals surface area (Å²) in [6, 6.07) is 15.3. The number of rotatable bonds is 7.